The van der Waals surface area contributed by atoms with Crippen molar-refractivity contribution in [3.63, 3.8) is 0 Å². The first-order chi connectivity index (χ1) is 9.43. The van der Waals surface area contributed by atoms with Crippen molar-refractivity contribution in [1.82, 2.24) is 0 Å². The summed E-state index contributed by atoms with van der Waals surface area (Å²) < 4.78 is 43.3. The Kier molecular flexibility index (Phi) is 3.20. The van der Waals surface area contributed by atoms with Crippen LogP contribution in [0.5, 0.6) is 0 Å². The van der Waals surface area contributed by atoms with Crippen molar-refractivity contribution >= 4 is 5.90 Å². The molecular formula is C14H15F3N2O. The number of halogens is 3. The molecule has 0 aromatic heterocycles. The van der Waals surface area contributed by atoms with E-state index in [0.29, 0.717) is 11.5 Å². The van der Waals surface area contributed by atoms with Gasteiger partial charge >= 0.3 is 6.18 Å². The van der Waals surface area contributed by atoms with Crippen LogP contribution in [0.15, 0.2) is 29.3 Å². The zero-order chi connectivity index (χ0) is 14.3. The minimum Gasteiger partial charge on any atom is -0.472 e. The Morgan fingerprint density at radius 3 is 2.50 bits per heavy atom. The molecule has 1 aliphatic carbocycles. The minimum atomic E-state index is -4.32. The van der Waals surface area contributed by atoms with Gasteiger partial charge in [-0.15, -0.1) is 0 Å². The Morgan fingerprint density at radius 1 is 1.15 bits per heavy atom. The van der Waals surface area contributed by atoms with E-state index in [1.807, 2.05) is 0 Å². The van der Waals surface area contributed by atoms with Crippen LogP contribution in [-0.4, -0.2) is 24.1 Å². The maximum Gasteiger partial charge on any atom is 0.416 e. The van der Waals surface area contributed by atoms with Gasteiger partial charge in [0.15, 0.2) is 0 Å². The fraction of sp³-hybridized carbons (Fsp3) is 0.500. The van der Waals surface area contributed by atoms with Gasteiger partial charge in [0.1, 0.15) is 6.10 Å². The highest BCUT2D eigenvalue weighted by atomic mass is 19.4. The zero-order valence-electron chi connectivity index (χ0n) is 10.7. The molecule has 1 heterocycles. The SMILES string of the molecule is NC1CCC2OC(c3ccc(C(F)(F)F)cc3)=NC2C1. The van der Waals surface area contributed by atoms with Crippen LogP contribution >= 0.6 is 0 Å². The molecule has 1 aliphatic heterocycles. The molecule has 3 nitrogen and oxygen atoms in total. The van der Waals surface area contributed by atoms with Gasteiger partial charge < -0.3 is 10.5 Å². The lowest BCUT2D eigenvalue weighted by molar-refractivity contribution is -0.137. The molecule has 108 valence electrons. The van der Waals surface area contributed by atoms with E-state index in [-0.39, 0.29) is 18.2 Å². The van der Waals surface area contributed by atoms with Crippen molar-refractivity contribution < 1.29 is 17.9 Å². The Balaban J connectivity index is 1.79. The van der Waals surface area contributed by atoms with Gasteiger partial charge in [0, 0.05) is 11.6 Å². The van der Waals surface area contributed by atoms with E-state index in [4.69, 9.17) is 10.5 Å². The molecule has 1 aromatic carbocycles. The van der Waals surface area contributed by atoms with Crippen LogP contribution in [0.3, 0.4) is 0 Å². The van der Waals surface area contributed by atoms with Crippen LogP contribution in [0.25, 0.3) is 0 Å². The number of aliphatic imine (C=N–C) groups is 1. The zero-order valence-corrected chi connectivity index (χ0v) is 10.7. The quantitative estimate of drug-likeness (QED) is 0.862. The molecule has 3 rings (SSSR count). The van der Waals surface area contributed by atoms with Crippen LogP contribution in [0.2, 0.25) is 0 Å². The number of nitrogens with two attached hydrogens (primary N) is 1. The Hall–Kier alpha value is -1.56. The topological polar surface area (TPSA) is 47.6 Å². The standard InChI is InChI=1S/C14H15F3N2O/c15-14(16,17)9-3-1-8(2-4-9)13-19-11-7-10(18)5-6-12(11)20-13/h1-4,10-12H,5-7,18H2. The number of hydrogen-bond acceptors (Lipinski definition) is 3. The molecule has 0 radical (unpaired) electrons. The van der Waals surface area contributed by atoms with E-state index in [1.165, 1.54) is 12.1 Å². The van der Waals surface area contributed by atoms with Gasteiger partial charge in [0.05, 0.1) is 11.6 Å². The summed E-state index contributed by atoms with van der Waals surface area (Å²) in [7, 11) is 0. The first-order valence-corrected chi connectivity index (χ1v) is 6.61. The molecule has 20 heavy (non-hydrogen) atoms. The molecule has 1 fully saturated rings. The first kappa shape index (κ1) is 13.4. The molecule has 3 unspecified atom stereocenters. The van der Waals surface area contributed by atoms with Crippen LogP contribution in [0, 0.1) is 0 Å². The van der Waals surface area contributed by atoms with Crippen LogP contribution in [0.4, 0.5) is 13.2 Å². The third kappa shape index (κ3) is 2.52. The number of benzene rings is 1. The molecule has 0 saturated heterocycles. The van der Waals surface area contributed by atoms with Gasteiger partial charge in [-0.25, -0.2) is 4.99 Å². The smallest absolute Gasteiger partial charge is 0.416 e. The summed E-state index contributed by atoms with van der Waals surface area (Å²) in [5, 5.41) is 0. The van der Waals surface area contributed by atoms with E-state index in [0.717, 1.165) is 31.4 Å². The van der Waals surface area contributed by atoms with Gasteiger partial charge in [-0.05, 0) is 43.5 Å². The number of rotatable bonds is 1. The Morgan fingerprint density at radius 2 is 1.85 bits per heavy atom. The summed E-state index contributed by atoms with van der Waals surface area (Å²) in [6.07, 6.45) is -1.78. The minimum absolute atomic E-state index is 0.0205. The largest absolute Gasteiger partial charge is 0.472 e. The lowest BCUT2D eigenvalue weighted by Gasteiger charge is -2.26. The molecule has 2 aliphatic rings. The summed E-state index contributed by atoms with van der Waals surface area (Å²) >= 11 is 0. The molecule has 2 N–H and O–H groups in total. The Labute approximate surface area is 114 Å². The summed E-state index contributed by atoms with van der Waals surface area (Å²) in [5.74, 6) is 0.433. The van der Waals surface area contributed by atoms with Crippen LogP contribution in [0.1, 0.15) is 30.4 Å². The predicted molar refractivity (Wildman–Crippen MR) is 68.5 cm³/mol. The van der Waals surface area contributed by atoms with Crippen molar-refractivity contribution in [2.45, 2.75) is 43.6 Å². The van der Waals surface area contributed by atoms with Crippen molar-refractivity contribution in [1.29, 1.82) is 0 Å². The second-order valence-electron chi connectivity index (χ2n) is 5.31. The predicted octanol–water partition coefficient (Wildman–Crippen LogP) is 2.73. The number of hydrogen-bond donors (Lipinski definition) is 1. The maximum absolute atomic E-state index is 12.5. The molecular weight excluding hydrogens is 269 g/mol. The monoisotopic (exact) mass is 284 g/mol. The number of ether oxygens (including phenoxy) is 1. The van der Waals surface area contributed by atoms with E-state index in [2.05, 4.69) is 4.99 Å². The van der Waals surface area contributed by atoms with Crippen molar-refractivity contribution in [3.8, 4) is 0 Å². The highest BCUT2D eigenvalue weighted by Crippen LogP contribution is 2.32. The second-order valence-corrected chi connectivity index (χ2v) is 5.31. The van der Waals surface area contributed by atoms with E-state index in [9.17, 15) is 13.2 Å². The Bertz CT molecular complexity index is 524. The molecule has 0 spiro atoms. The molecule has 1 aromatic rings. The van der Waals surface area contributed by atoms with Gasteiger partial charge in [-0.1, -0.05) is 0 Å². The van der Waals surface area contributed by atoms with E-state index >= 15 is 0 Å². The van der Waals surface area contributed by atoms with Crippen LogP contribution < -0.4 is 5.73 Å². The number of alkyl halides is 3. The summed E-state index contributed by atoms with van der Waals surface area (Å²) in [6, 6.07) is 5.08. The van der Waals surface area contributed by atoms with Gasteiger partial charge in [0.2, 0.25) is 5.90 Å². The maximum atomic E-state index is 12.5. The molecule has 1 saturated carbocycles. The second kappa shape index (κ2) is 4.77. The third-order valence-electron chi connectivity index (χ3n) is 3.80. The highest BCUT2D eigenvalue weighted by molar-refractivity contribution is 5.95. The van der Waals surface area contributed by atoms with E-state index < -0.39 is 11.7 Å². The van der Waals surface area contributed by atoms with Crippen LogP contribution in [-0.2, 0) is 10.9 Å². The molecule has 0 bridgehead atoms. The number of nitrogens with zero attached hydrogens (tertiary/aromatic N) is 1. The first-order valence-electron chi connectivity index (χ1n) is 6.61. The summed E-state index contributed by atoms with van der Waals surface area (Å²) in [6.45, 7) is 0. The van der Waals surface area contributed by atoms with E-state index in [1.54, 1.807) is 0 Å². The average molecular weight is 284 g/mol. The van der Waals surface area contributed by atoms with Crippen molar-refractivity contribution in [3.05, 3.63) is 35.4 Å². The molecule has 3 atom stereocenters. The lowest BCUT2D eigenvalue weighted by atomic mass is 9.90. The summed E-state index contributed by atoms with van der Waals surface area (Å²) in [4.78, 5) is 4.46. The van der Waals surface area contributed by atoms with Crippen molar-refractivity contribution in [2.24, 2.45) is 10.7 Å². The third-order valence-corrected chi connectivity index (χ3v) is 3.80. The van der Waals surface area contributed by atoms with Crippen molar-refractivity contribution in [2.75, 3.05) is 0 Å². The average Bonchev–Trinajstić information content (AvgIpc) is 2.80. The highest BCUT2D eigenvalue weighted by Gasteiger charge is 2.36. The lowest BCUT2D eigenvalue weighted by Crippen LogP contribution is -2.37. The molecule has 0 amide bonds. The van der Waals surface area contributed by atoms with Gasteiger partial charge in [-0.2, -0.15) is 13.2 Å². The van der Waals surface area contributed by atoms with Gasteiger partial charge in [0.25, 0.3) is 0 Å². The fourth-order valence-electron chi connectivity index (χ4n) is 2.69. The normalized spacial score (nSPS) is 29.6. The molecule has 6 heteroatoms. The fourth-order valence-corrected chi connectivity index (χ4v) is 2.69. The van der Waals surface area contributed by atoms with Gasteiger partial charge in [-0.3, -0.25) is 0 Å². The number of fused-ring (bicyclic) bond motifs is 1. The summed E-state index contributed by atoms with van der Waals surface area (Å²) in [5.41, 5.74) is 5.81.